The summed E-state index contributed by atoms with van der Waals surface area (Å²) in [5.74, 6) is -0.271. The van der Waals surface area contributed by atoms with Gasteiger partial charge in [0.25, 0.3) is 0 Å². The van der Waals surface area contributed by atoms with Crippen LogP contribution in [0.5, 0.6) is 0 Å². The maximum absolute atomic E-state index is 12.8. The maximum Gasteiger partial charge on any atom is 0.419 e. The Morgan fingerprint density at radius 3 is 2.35 bits per heavy atom. The fourth-order valence-corrected chi connectivity index (χ4v) is 2.60. The molecule has 0 aliphatic carbocycles. The van der Waals surface area contributed by atoms with Crippen molar-refractivity contribution in [1.82, 2.24) is 9.71 Å². The number of rotatable bonds is 5. The minimum Gasteiger partial charge on any atom is -0.365 e. The third-order valence-electron chi connectivity index (χ3n) is 3.08. The van der Waals surface area contributed by atoms with Gasteiger partial charge in [-0.05, 0) is 36.9 Å². The Kier molecular flexibility index (Phi) is 4.90. The van der Waals surface area contributed by atoms with Gasteiger partial charge in [-0.25, -0.2) is 18.1 Å². The number of nitrogens with one attached hydrogen (secondary N) is 2. The summed E-state index contributed by atoms with van der Waals surface area (Å²) in [6.07, 6.45) is -3.23. The lowest BCUT2D eigenvalue weighted by Gasteiger charge is -2.13. The predicted molar refractivity (Wildman–Crippen MR) is 79.3 cm³/mol. The van der Waals surface area contributed by atoms with E-state index in [0.29, 0.717) is 5.56 Å². The molecule has 0 saturated carbocycles. The van der Waals surface area contributed by atoms with Crippen molar-refractivity contribution in [3.63, 3.8) is 0 Å². The van der Waals surface area contributed by atoms with Gasteiger partial charge >= 0.3 is 6.18 Å². The van der Waals surface area contributed by atoms with Gasteiger partial charge in [0, 0.05) is 12.7 Å². The Labute approximate surface area is 131 Å². The van der Waals surface area contributed by atoms with Crippen molar-refractivity contribution in [1.29, 1.82) is 0 Å². The molecule has 124 valence electrons. The molecule has 0 unspecified atom stereocenters. The molecule has 9 heteroatoms. The van der Waals surface area contributed by atoms with Crippen molar-refractivity contribution in [2.24, 2.45) is 0 Å². The van der Waals surface area contributed by atoms with Crippen LogP contribution in [0.15, 0.2) is 47.5 Å². The molecule has 0 fully saturated rings. The first-order valence-electron chi connectivity index (χ1n) is 6.52. The summed E-state index contributed by atoms with van der Waals surface area (Å²) < 4.78 is 63.9. The number of anilines is 1. The van der Waals surface area contributed by atoms with E-state index in [0.717, 1.165) is 6.07 Å². The number of halogens is 3. The summed E-state index contributed by atoms with van der Waals surface area (Å²) in [5.41, 5.74) is -0.229. The van der Waals surface area contributed by atoms with Gasteiger partial charge in [-0.2, -0.15) is 13.2 Å². The topological polar surface area (TPSA) is 71.1 Å². The van der Waals surface area contributed by atoms with E-state index in [1.165, 1.54) is 43.6 Å². The third kappa shape index (κ3) is 4.20. The molecule has 1 aromatic heterocycles. The second-order valence-corrected chi connectivity index (χ2v) is 6.49. The van der Waals surface area contributed by atoms with Crippen molar-refractivity contribution < 1.29 is 21.6 Å². The van der Waals surface area contributed by atoms with Crippen LogP contribution in [0.2, 0.25) is 0 Å². The van der Waals surface area contributed by atoms with Gasteiger partial charge in [-0.1, -0.05) is 12.1 Å². The lowest BCUT2D eigenvalue weighted by Crippen LogP contribution is -2.18. The molecule has 2 aromatic rings. The van der Waals surface area contributed by atoms with Gasteiger partial charge in [0.05, 0.1) is 10.5 Å². The first kappa shape index (κ1) is 17.2. The van der Waals surface area contributed by atoms with Crippen molar-refractivity contribution in [3.8, 4) is 0 Å². The summed E-state index contributed by atoms with van der Waals surface area (Å²) in [5, 5.41) is 2.61. The largest absolute Gasteiger partial charge is 0.419 e. The fourth-order valence-electron chi connectivity index (χ4n) is 1.87. The van der Waals surface area contributed by atoms with Gasteiger partial charge in [0.2, 0.25) is 10.0 Å². The van der Waals surface area contributed by atoms with E-state index < -0.39 is 21.8 Å². The normalized spacial score (nSPS) is 12.2. The van der Waals surface area contributed by atoms with Crippen molar-refractivity contribution in [3.05, 3.63) is 53.7 Å². The van der Waals surface area contributed by atoms with E-state index in [9.17, 15) is 21.6 Å². The molecule has 1 heterocycles. The summed E-state index contributed by atoms with van der Waals surface area (Å²) >= 11 is 0. The number of aromatic nitrogens is 1. The predicted octanol–water partition coefficient (Wildman–Crippen LogP) is 2.62. The summed E-state index contributed by atoms with van der Waals surface area (Å²) in [6, 6.07) is 7.96. The van der Waals surface area contributed by atoms with Gasteiger partial charge in [0.1, 0.15) is 5.82 Å². The van der Waals surface area contributed by atoms with Crippen LogP contribution in [0.25, 0.3) is 0 Å². The summed E-state index contributed by atoms with van der Waals surface area (Å²) in [7, 11) is -2.24. The molecule has 2 rings (SSSR count). The van der Waals surface area contributed by atoms with Crippen LogP contribution >= 0.6 is 0 Å². The molecule has 0 radical (unpaired) electrons. The molecule has 1 aromatic carbocycles. The number of pyridine rings is 1. The maximum atomic E-state index is 12.8. The number of benzene rings is 1. The number of hydrogen-bond donors (Lipinski definition) is 2. The molecule has 5 nitrogen and oxygen atoms in total. The molecule has 0 aliphatic heterocycles. The number of alkyl halides is 3. The Morgan fingerprint density at radius 2 is 1.78 bits per heavy atom. The highest BCUT2D eigenvalue weighted by molar-refractivity contribution is 7.89. The quantitative estimate of drug-likeness (QED) is 0.874. The third-order valence-corrected chi connectivity index (χ3v) is 4.51. The van der Waals surface area contributed by atoms with Crippen molar-refractivity contribution in [2.75, 3.05) is 12.4 Å². The Hall–Kier alpha value is -2.13. The SMILES string of the molecule is CNS(=O)(=O)c1ccc(CNc2ncccc2C(F)(F)F)cc1. The lowest BCUT2D eigenvalue weighted by molar-refractivity contribution is -0.137. The highest BCUT2D eigenvalue weighted by Crippen LogP contribution is 2.33. The highest BCUT2D eigenvalue weighted by Gasteiger charge is 2.33. The van der Waals surface area contributed by atoms with Crippen LogP contribution < -0.4 is 10.0 Å². The van der Waals surface area contributed by atoms with E-state index in [1.54, 1.807) is 0 Å². The fraction of sp³-hybridized carbons (Fsp3) is 0.214. The molecular formula is C14H14F3N3O2S. The van der Waals surface area contributed by atoms with Crippen molar-refractivity contribution in [2.45, 2.75) is 17.6 Å². The van der Waals surface area contributed by atoms with Crippen LogP contribution in [0.1, 0.15) is 11.1 Å². The van der Waals surface area contributed by atoms with Crippen LogP contribution in [-0.2, 0) is 22.7 Å². The first-order valence-corrected chi connectivity index (χ1v) is 8.01. The molecule has 0 amide bonds. The Balaban J connectivity index is 2.14. The van der Waals surface area contributed by atoms with Gasteiger partial charge in [0.15, 0.2) is 0 Å². The minimum atomic E-state index is -4.50. The average Bonchev–Trinajstić information content (AvgIpc) is 2.53. The van der Waals surface area contributed by atoms with E-state index in [-0.39, 0.29) is 17.3 Å². The zero-order valence-electron chi connectivity index (χ0n) is 12.1. The number of hydrogen-bond acceptors (Lipinski definition) is 4. The van der Waals surface area contributed by atoms with Crippen LogP contribution in [0, 0.1) is 0 Å². The Bertz CT molecular complexity index is 775. The van der Waals surface area contributed by atoms with Gasteiger partial charge in [-0.3, -0.25) is 0 Å². The lowest BCUT2D eigenvalue weighted by atomic mass is 10.2. The Morgan fingerprint density at radius 1 is 1.13 bits per heavy atom. The van der Waals surface area contributed by atoms with Gasteiger partial charge < -0.3 is 5.32 Å². The average molecular weight is 345 g/mol. The molecule has 23 heavy (non-hydrogen) atoms. The molecular weight excluding hydrogens is 331 g/mol. The van der Waals surface area contributed by atoms with E-state index in [1.807, 2.05) is 0 Å². The molecule has 0 aliphatic rings. The summed E-state index contributed by atoms with van der Waals surface area (Å²) in [4.78, 5) is 3.77. The first-order chi connectivity index (χ1) is 10.7. The van der Waals surface area contributed by atoms with E-state index in [4.69, 9.17) is 0 Å². The van der Waals surface area contributed by atoms with Crippen LogP contribution in [0.4, 0.5) is 19.0 Å². The number of sulfonamides is 1. The second-order valence-electron chi connectivity index (χ2n) is 4.60. The summed E-state index contributed by atoms with van der Waals surface area (Å²) in [6.45, 7) is 0.0833. The number of nitrogens with zero attached hydrogens (tertiary/aromatic N) is 1. The zero-order valence-corrected chi connectivity index (χ0v) is 12.9. The van der Waals surface area contributed by atoms with E-state index in [2.05, 4.69) is 15.0 Å². The molecule has 2 N–H and O–H groups in total. The zero-order chi connectivity index (χ0) is 17.1. The van der Waals surface area contributed by atoms with Crippen molar-refractivity contribution >= 4 is 15.8 Å². The highest BCUT2D eigenvalue weighted by atomic mass is 32.2. The van der Waals surface area contributed by atoms with Crippen LogP contribution in [0.3, 0.4) is 0 Å². The standard InChI is InChI=1S/C14H14F3N3O2S/c1-18-23(21,22)11-6-4-10(5-7-11)9-20-13-12(14(15,16)17)3-2-8-19-13/h2-8,18H,9H2,1H3,(H,19,20). The molecule has 0 atom stereocenters. The van der Waals surface area contributed by atoms with Crippen LogP contribution in [-0.4, -0.2) is 20.4 Å². The smallest absolute Gasteiger partial charge is 0.365 e. The minimum absolute atomic E-state index is 0.0811. The molecule has 0 bridgehead atoms. The monoisotopic (exact) mass is 345 g/mol. The van der Waals surface area contributed by atoms with Gasteiger partial charge in [-0.15, -0.1) is 0 Å². The molecule has 0 spiro atoms. The molecule has 0 saturated heterocycles. The van der Waals surface area contributed by atoms with E-state index >= 15 is 0 Å². The second kappa shape index (κ2) is 6.55.